The van der Waals surface area contributed by atoms with E-state index in [0.717, 1.165) is 40.2 Å². The number of thioether (sulfide) groups is 1. The summed E-state index contributed by atoms with van der Waals surface area (Å²) in [5, 5.41) is -0.231. The Morgan fingerprint density at radius 2 is 1.71 bits per heavy atom. The molecule has 1 fully saturated rings. The summed E-state index contributed by atoms with van der Waals surface area (Å²) >= 11 is 4.40. The number of carbonyl (C=O) groups is 2. The molecule has 2 amide bonds. The smallest absolute Gasteiger partial charge is 0.293 e. The average molecular weight is 538 g/mol. The predicted octanol–water partition coefficient (Wildman–Crippen LogP) is 6.71. The summed E-state index contributed by atoms with van der Waals surface area (Å²) in [5.41, 5.74) is 3.00. The van der Waals surface area contributed by atoms with Gasteiger partial charge in [0.25, 0.3) is 11.1 Å². The fraction of sp³-hybridized carbons (Fsp3) is 0.185. The monoisotopic (exact) mass is 537 g/mol. The van der Waals surface area contributed by atoms with Crippen molar-refractivity contribution < 1.29 is 19.1 Å². The quantitative estimate of drug-likeness (QED) is 0.284. The maximum absolute atomic E-state index is 12.8. The van der Waals surface area contributed by atoms with Gasteiger partial charge in [0.05, 0.1) is 12.0 Å². The molecule has 3 aromatic carbocycles. The number of methoxy groups -OCH3 is 1. The molecular formula is C27H24BrNO4S. The molecule has 1 aliphatic rings. The standard InChI is InChI=1S/C27H24BrNO4S/c1-32-24-16-21(11-14-23(24)33-18-20-9-12-22(28)13-10-20)17-25-26(30)29(27(31)34-25)15-5-8-19-6-3-2-4-7-19/h2-4,6-7,9-14,16-17H,5,8,15,18H2,1H3/b25-17+. The minimum absolute atomic E-state index is 0.231. The van der Waals surface area contributed by atoms with Crippen LogP contribution in [0.4, 0.5) is 4.79 Å². The first-order valence-electron chi connectivity index (χ1n) is 10.9. The molecule has 0 atom stereocenters. The molecule has 3 aromatic rings. The molecule has 0 bridgehead atoms. The predicted molar refractivity (Wildman–Crippen MR) is 139 cm³/mol. The van der Waals surface area contributed by atoms with Crippen molar-refractivity contribution in [3.05, 3.63) is 98.9 Å². The zero-order valence-corrected chi connectivity index (χ0v) is 21.1. The Kier molecular flexibility index (Phi) is 8.08. The highest BCUT2D eigenvalue weighted by Crippen LogP contribution is 2.35. The van der Waals surface area contributed by atoms with Crippen LogP contribution in [0.15, 0.2) is 82.2 Å². The second kappa shape index (κ2) is 11.4. The summed E-state index contributed by atoms with van der Waals surface area (Å²) in [6, 6.07) is 23.4. The maximum atomic E-state index is 12.8. The van der Waals surface area contributed by atoms with E-state index in [1.54, 1.807) is 19.3 Å². The molecule has 174 valence electrons. The third-order valence-electron chi connectivity index (χ3n) is 5.36. The largest absolute Gasteiger partial charge is 0.493 e. The number of rotatable bonds is 9. The molecule has 0 aliphatic carbocycles. The molecule has 0 aromatic heterocycles. The number of hydrogen-bond donors (Lipinski definition) is 0. The number of halogens is 1. The van der Waals surface area contributed by atoms with Crippen LogP contribution in [0.2, 0.25) is 0 Å². The van der Waals surface area contributed by atoms with E-state index in [1.165, 1.54) is 10.5 Å². The van der Waals surface area contributed by atoms with Crippen LogP contribution in [-0.2, 0) is 17.8 Å². The van der Waals surface area contributed by atoms with Crippen molar-refractivity contribution in [1.82, 2.24) is 4.90 Å². The van der Waals surface area contributed by atoms with Gasteiger partial charge in [-0.15, -0.1) is 0 Å². The van der Waals surface area contributed by atoms with Gasteiger partial charge in [0, 0.05) is 11.0 Å². The molecule has 0 radical (unpaired) electrons. The summed E-state index contributed by atoms with van der Waals surface area (Å²) < 4.78 is 12.4. The number of nitrogens with zero attached hydrogens (tertiary/aromatic N) is 1. The first-order valence-corrected chi connectivity index (χ1v) is 12.5. The fourth-order valence-corrected chi connectivity index (χ4v) is 4.69. The number of imide groups is 1. The van der Waals surface area contributed by atoms with Gasteiger partial charge in [-0.3, -0.25) is 14.5 Å². The number of carbonyl (C=O) groups excluding carboxylic acids is 2. The molecule has 0 N–H and O–H groups in total. The van der Waals surface area contributed by atoms with Gasteiger partial charge in [0.15, 0.2) is 11.5 Å². The molecule has 0 spiro atoms. The molecule has 34 heavy (non-hydrogen) atoms. The lowest BCUT2D eigenvalue weighted by Gasteiger charge is -2.12. The van der Waals surface area contributed by atoms with Crippen LogP contribution in [0.25, 0.3) is 6.08 Å². The SMILES string of the molecule is COc1cc(/C=C2/SC(=O)N(CCCc3ccccc3)C2=O)ccc1OCc1ccc(Br)cc1. The first-order chi connectivity index (χ1) is 16.5. The van der Waals surface area contributed by atoms with Crippen molar-refractivity contribution in [1.29, 1.82) is 0 Å². The van der Waals surface area contributed by atoms with Gasteiger partial charge in [-0.2, -0.15) is 0 Å². The second-order valence-corrected chi connectivity index (χ2v) is 9.66. The van der Waals surface area contributed by atoms with E-state index in [9.17, 15) is 9.59 Å². The molecule has 5 nitrogen and oxygen atoms in total. The molecular weight excluding hydrogens is 514 g/mol. The summed E-state index contributed by atoms with van der Waals surface area (Å²) in [7, 11) is 1.58. The summed E-state index contributed by atoms with van der Waals surface area (Å²) in [5.74, 6) is 0.919. The number of amides is 2. The Balaban J connectivity index is 1.39. The Hall–Kier alpha value is -3.03. The first kappa shape index (κ1) is 24.1. The Morgan fingerprint density at radius 3 is 2.44 bits per heavy atom. The summed E-state index contributed by atoms with van der Waals surface area (Å²) in [6.07, 6.45) is 3.28. The summed E-state index contributed by atoms with van der Waals surface area (Å²) in [6.45, 7) is 0.813. The summed E-state index contributed by atoms with van der Waals surface area (Å²) in [4.78, 5) is 27.0. The van der Waals surface area contributed by atoms with E-state index in [4.69, 9.17) is 9.47 Å². The van der Waals surface area contributed by atoms with Gasteiger partial charge in [-0.05, 0) is 71.6 Å². The van der Waals surface area contributed by atoms with Crippen molar-refractivity contribution >= 4 is 44.9 Å². The van der Waals surface area contributed by atoms with E-state index in [0.29, 0.717) is 29.6 Å². The van der Waals surface area contributed by atoms with Crippen LogP contribution in [-0.4, -0.2) is 29.7 Å². The maximum Gasteiger partial charge on any atom is 0.293 e. The van der Waals surface area contributed by atoms with Gasteiger partial charge in [-0.25, -0.2) is 0 Å². The highest BCUT2D eigenvalue weighted by Gasteiger charge is 2.34. The van der Waals surface area contributed by atoms with Crippen LogP contribution in [0.5, 0.6) is 11.5 Å². The topological polar surface area (TPSA) is 55.8 Å². The van der Waals surface area contributed by atoms with Crippen LogP contribution in [0.3, 0.4) is 0 Å². The highest BCUT2D eigenvalue weighted by molar-refractivity contribution is 9.10. The van der Waals surface area contributed by atoms with Crippen LogP contribution >= 0.6 is 27.7 Å². The van der Waals surface area contributed by atoms with Crippen LogP contribution in [0, 0.1) is 0 Å². The molecule has 0 unspecified atom stereocenters. The minimum atomic E-state index is -0.252. The number of hydrogen-bond acceptors (Lipinski definition) is 5. The van der Waals surface area contributed by atoms with Gasteiger partial charge >= 0.3 is 0 Å². The van der Waals surface area contributed by atoms with E-state index >= 15 is 0 Å². The Labute approximate surface area is 211 Å². The van der Waals surface area contributed by atoms with E-state index < -0.39 is 0 Å². The van der Waals surface area contributed by atoms with Crippen molar-refractivity contribution in [2.45, 2.75) is 19.4 Å². The van der Waals surface area contributed by atoms with Gasteiger partial charge in [-0.1, -0.05) is 64.5 Å². The molecule has 1 aliphatic heterocycles. The molecule has 1 saturated heterocycles. The van der Waals surface area contributed by atoms with E-state index in [-0.39, 0.29) is 11.1 Å². The number of benzene rings is 3. The van der Waals surface area contributed by atoms with Crippen molar-refractivity contribution in [3.8, 4) is 11.5 Å². The van der Waals surface area contributed by atoms with Gasteiger partial charge in [0.2, 0.25) is 0 Å². The zero-order valence-electron chi connectivity index (χ0n) is 18.7. The lowest BCUT2D eigenvalue weighted by molar-refractivity contribution is -0.122. The lowest BCUT2D eigenvalue weighted by Crippen LogP contribution is -2.29. The lowest BCUT2D eigenvalue weighted by atomic mass is 10.1. The van der Waals surface area contributed by atoms with Gasteiger partial charge < -0.3 is 9.47 Å². The van der Waals surface area contributed by atoms with Crippen LogP contribution < -0.4 is 9.47 Å². The Bertz CT molecular complexity index is 1200. The third kappa shape index (κ3) is 6.10. The number of aryl methyl sites for hydroxylation is 1. The Morgan fingerprint density at radius 1 is 0.941 bits per heavy atom. The van der Waals surface area contributed by atoms with Crippen molar-refractivity contribution in [2.24, 2.45) is 0 Å². The van der Waals surface area contributed by atoms with Crippen molar-refractivity contribution in [2.75, 3.05) is 13.7 Å². The minimum Gasteiger partial charge on any atom is -0.493 e. The van der Waals surface area contributed by atoms with Crippen LogP contribution in [0.1, 0.15) is 23.1 Å². The second-order valence-electron chi connectivity index (χ2n) is 7.75. The van der Waals surface area contributed by atoms with Gasteiger partial charge in [0.1, 0.15) is 6.61 Å². The molecule has 1 heterocycles. The normalized spacial score (nSPS) is 14.6. The van der Waals surface area contributed by atoms with Crippen molar-refractivity contribution in [3.63, 3.8) is 0 Å². The third-order valence-corrected chi connectivity index (χ3v) is 6.79. The average Bonchev–Trinajstić information content (AvgIpc) is 3.12. The zero-order chi connectivity index (χ0) is 23.9. The fourth-order valence-electron chi connectivity index (χ4n) is 3.57. The van der Waals surface area contributed by atoms with E-state index in [2.05, 4.69) is 15.9 Å². The molecule has 4 rings (SSSR count). The number of ether oxygens (including phenoxy) is 2. The highest BCUT2D eigenvalue weighted by atomic mass is 79.9. The molecule has 0 saturated carbocycles. The van der Waals surface area contributed by atoms with E-state index in [1.807, 2.05) is 66.7 Å². The molecule has 7 heteroatoms.